The van der Waals surface area contributed by atoms with Gasteiger partial charge in [0, 0.05) is 6.54 Å². The van der Waals surface area contributed by atoms with E-state index in [2.05, 4.69) is 15.3 Å². The number of rotatable bonds is 4. The summed E-state index contributed by atoms with van der Waals surface area (Å²) in [5.41, 5.74) is 3.03. The average molecular weight is 283 g/mol. The van der Waals surface area contributed by atoms with Gasteiger partial charge in [-0.1, -0.05) is 18.2 Å². The molecule has 0 spiro atoms. The molecular weight excluding hydrogens is 269 g/mol. The molecule has 0 unspecified atom stereocenters. The largest absolute Gasteiger partial charge is 0.352 e. The molecule has 0 saturated carbocycles. The minimum atomic E-state index is -0.256. The Bertz CT molecular complexity index is 765. The topological polar surface area (TPSA) is 57.8 Å². The van der Waals surface area contributed by atoms with Gasteiger partial charge in [-0.15, -0.1) is 0 Å². The second-order valence-corrected chi connectivity index (χ2v) is 4.74. The van der Waals surface area contributed by atoms with E-state index in [0.717, 1.165) is 11.1 Å². The molecule has 0 aliphatic rings. The van der Waals surface area contributed by atoms with Crippen LogP contribution in [0.5, 0.6) is 0 Å². The zero-order chi connectivity index (χ0) is 14.7. The third-order valence-corrected chi connectivity index (χ3v) is 3.31. The van der Waals surface area contributed by atoms with Gasteiger partial charge in [-0.05, 0) is 36.2 Å². The Kier molecular flexibility index (Phi) is 3.64. The molecule has 1 heterocycles. The van der Waals surface area contributed by atoms with Gasteiger partial charge in [-0.25, -0.2) is 9.37 Å². The van der Waals surface area contributed by atoms with Crippen molar-refractivity contribution in [2.75, 3.05) is 6.54 Å². The second-order valence-electron chi connectivity index (χ2n) is 4.74. The number of H-pyrrole nitrogens is 1. The SMILES string of the molecule is O=C(NCCc1ccc(F)cc1)c1cccc2[nH]cnc12. The van der Waals surface area contributed by atoms with Gasteiger partial charge in [0.2, 0.25) is 0 Å². The van der Waals surface area contributed by atoms with E-state index in [1.165, 1.54) is 12.1 Å². The fourth-order valence-corrected chi connectivity index (χ4v) is 2.22. The summed E-state index contributed by atoms with van der Waals surface area (Å²) in [6, 6.07) is 11.7. The number of nitrogens with one attached hydrogen (secondary N) is 2. The Labute approximate surface area is 121 Å². The lowest BCUT2D eigenvalue weighted by Crippen LogP contribution is -2.25. The Morgan fingerprint density at radius 1 is 1.19 bits per heavy atom. The number of amides is 1. The highest BCUT2D eigenvalue weighted by Gasteiger charge is 2.10. The molecule has 106 valence electrons. The number of hydrogen-bond donors (Lipinski definition) is 2. The lowest BCUT2D eigenvalue weighted by molar-refractivity contribution is 0.0955. The van der Waals surface area contributed by atoms with Crippen LogP contribution in [-0.2, 0) is 6.42 Å². The first-order valence-electron chi connectivity index (χ1n) is 6.69. The van der Waals surface area contributed by atoms with E-state index in [0.29, 0.717) is 24.0 Å². The minimum absolute atomic E-state index is 0.158. The fraction of sp³-hybridized carbons (Fsp3) is 0.125. The van der Waals surface area contributed by atoms with E-state index in [1.807, 2.05) is 12.1 Å². The molecule has 3 rings (SSSR count). The van der Waals surface area contributed by atoms with E-state index in [9.17, 15) is 9.18 Å². The average Bonchev–Trinajstić information content (AvgIpc) is 2.97. The van der Waals surface area contributed by atoms with Crippen molar-refractivity contribution < 1.29 is 9.18 Å². The summed E-state index contributed by atoms with van der Waals surface area (Å²) in [4.78, 5) is 19.3. The molecule has 0 saturated heterocycles. The first-order chi connectivity index (χ1) is 10.2. The minimum Gasteiger partial charge on any atom is -0.352 e. The van der Waals surface area contributed by atoms with Crippen molar-refractivity contribution in [3.05, 3.63) is 65.7 Å². The number of halogens is 1. The predicted octanol–water partition coefficient (Wildman–Crippen LogP) is 2.67. The van der Waals surface area contributed by atoms with Crippen LogP contribution >= 0.6 is 0 Å². The summed E-state index contributed by atoms with van der Waals surface area (Å²) in [5.74, 6) is -0.414. The summed E-state index contributed by atoms with van der Waals surface area (Å²) in [7, 11) is 0. The number of carbonyl (C=O) groups excluding carboxylic acids is 1. The molecule has 4 nitrogen and oxygen atoms in total. The van der Waals surface area contributed by atoms with Crippen molar-refractivity contribution in [2.45, 2.75) is 6.42 Å². The molecule has 5 heteroatoms. The number of fused-ring (bicyclic) bond motifs is 1. The molecule has 0 radical (unpaired) electrons. The van der Waals surface area contributed by atoms with Crippen molar-refractivity contribution >= 4 is 16.9 Å². The van der Waals surface area contributed by atoms with Crippen LogP contribution in [0, 0.1) is 5.82 Å². The Hall–Kier alpha value is -2.69. The van der Waals surface area contributed by atoms with Gasteiger partial charge in [0.1, 0.15) is 11.3 Å². The normalized spacial score (nSPS) is 10.7. The van der Waals surface area contributed by atoms with Crippen LogP contribution in [0.3, 0.4) is 0 Å². The predicted molar refractivity (Wildman–Crippen MR) is 78.5 cm³/mol. The van der Waals surface area contributed by atoms with E-state index in [-0.39, 0.29) is 11.7 Å². The molecule has 0 fully saturated rings. The first kappa shape index (κ1) is 13.3. The molecule has 0 aliphatic heterocycles. The maximum Gasteiger partial charge on any atom is 0.253 e. The van der Waals surface area contributed by atoms with Gasteiger partial charge in [0.05, 0.1) is 17.4 Å². The Morgan fingerprint density at radius 3 is 2.81 bits per heavy atom. The fourth-order valence-electron chi connectivity index (χ4n) is 2.22. The first-order valence-corrected chi connectivity index (χ1v) is 6.69. The number of benzene rings is 2. The molecule has 0 atom stereocenters. The Morgan fingerprint density at radius 2 is 2.00 bits per heavy atom. The van der Waals surface area contributed by atoms with Gasteiger partial charge in [0.25, 0.3) is 5.91 Å². The van der Waals surface area contributed by atoms with Gasteiger partial charge in [-0.2, -0.15) is 0 Å². The third-order valence-electron chi connectivity index (χ3n) is 3.31. The summed E-state index contributed by atoms with van der Waals surface area (Å²) < 4.78 is 12.8. The van der Waals surface area contributed by atoms with Crippen molar-refractivity contribution in [3.8, 4) is 0 Å². The molecule has 0 aliphatic carbocycles. The van der Waals surface area contributed by atoms with Crippen LogP contribution in [0.15, 0.2) is 48.8 Å². The molecular formula is C16H14FN3O. The van der Waals surface area contributed by atoms with Gasteiger partial charge in [-0.3, -0.25) is 4.79 Å². The maximum atomic E-state index is 12.8. The zero-order valence-corrected chi connectivity index (χ0v) is 11.3. The number of carbonyl (C=O) groups is 1. The highest BCUT2D eigenvalue weighted by atomic mass is 19.1. The molecule has 2 aromatic carbocycles. The Balaban J connectivity index is 1.64. The molecule has 2 N–H and O–H groups in total. The summed E-state index contributed by atoms with van der Waals surface area (Å²) >= 11 is 0. The van der Waals surface area contributed by atoms with Crippen molar-refractivity contribution in [1.29, 1.82) is 0 Å². The molecule has 21 heavy (non-hydrogen) atoms. The van der Waals surface area contributed by atoms with Gasteiger partial charge < -0.3 is 10.3 Å². The lowest BCUT2D eigenvalue weighted by atomic mass is 10.1. The number of imidazole rings is 1. The van der Waals surface area contributed by atoms with Crippen molar-refractivity contribution in [2.24, 2.45) is 0 Å². The van der Waals surface area contributed by atoms with Crippen LogP contribution in [0.1, 0.15) is 15.9 Å². The summed E-state index contributed by atoms with van der Waals surface area (Å²) in [6.07, 6.45) is 2.22. The van der Waals surface area contributed by atoms with Crippen LogP contribution in [0.2, 0.25) is 0 Å². The second kappa shape index (κ2) is 5.75. The third kappa shape index (κ3) is 2.91. The zero-order valence-electron chi connectivity index (χ0n) is 11.3. The number of para-hydroxylation sites is 1. The number of aromatic amines is 1. The van der Waals surface area contributed by atoms with E-state index >= 15 is 0 Å². The maximum absolute atomic E-state index is 12.8. The number of aromatic nitrogens is 2. The van der Waals surface area contributed by atoms with Crippen LogP contribution in [-0.4, -0.2) is 22.4 Å². The molecule has 0 bridgehead atoms. The van der Waals surface area contributed by atoms with Crippen LogP contribution < -0.4 is 5.32 Å². The number of nitrogens with zero attached hydrogens (tertiary/aromatic N) is 1. The summed E-state index contributed by atoms with van der Waals surface area (Å²) in [5, 5.41) is 2.86. The van der Waals surface area contributed by atoms with Crippen LogP contribution in [0.25, 0.3) is 11.0 Å². The number of hydrogen-bond acceptors (Lipinski definition) is 2. The van der Waals surface area contributed by atoms with E-state index in [4.69, 9.17) is 0 Å². The van der Waals surface area contributed by atoms with E-state index in [1.54, 1.807) is 24.5 Å². The molecule has 1 aromatic heterocycles. The van der Waals surface area contributed by atoms with Gasteiger partial charge >= 0.3 is 0 Å². The smallest absolute Gasteiger partial charge is 0.253 e. The summed E-state index contributed by atoms with van der Waals surface area (Å²) in [6.45, 7) is 0.491. The monoisotopic (exact) mass is 283 g/mol. The highest BCUT2D eigenvalue weighted by Crippen LogP contribution is 2.14. The van der Waals surface area contributed by atoms with E-state index < -0.39 is 0 Å². The lowest BCUT2D eigenvalue weighted by Gasteiger charge is -2.06. The molecule has 3 aromatic rings. The van der Waals surface area contributed by atoms with Crippen molar-refractivity contribution in [3.63, 3.8) is 0 Å². The van der Waals surface area contributed by atoms with Crippen LogP contribution in [0.4, 0.5) is 4.39 Å². The quantitative estimate of drug-likeness (QED) is 0.773. The van der Waals surface area contributed by atoms with Crippen molar-refractivity contribution in [1.82, 2.24) is 15.3 Å². The molecule has 1 amide bonds. The standard InChI is InChI=1S/C16H14FN3O/c17-12-6-4-11(5-7-12)8-9-18-16(21)13-2-1-3-14-15(13)20-10-19-14/h1-7,10H,8-9H2,(H,18,21)(H,19,20). The highest BCUT2D eigenvalue weighted by molar-refractivity contribution is 6.04. The van der Waals surface area contributed by atoms with Gasteiger partial charge in [0.15, 0.2) is 0 Å².